The van der Waals surface area contributed by atoms with Crippen molar-refractivity contribution in [2.24, 2.45) is 0 Å². The predicted octanol–water partition coefficient (Wildman–Crippen LogP) is 1.87. The van der Waals surface area contributed by atoms with Crippen LogP contribution in [0.1, 0.15) is 17.3 Å². The first kappa shape index (κ1) is 11.6. The van der Waals surface area contributed by atoms with Crippen molar-refractivity contribution < 1.29 is 9.18 Å². The van der Waals surface area contributed by atoms with E-state index in [4.69, 9.17) is 0 Å². The van der Waals surface area contributed by atoms with Crippen LogP contribution in [0.15, 0.2) is 23.1 Å². The van der Waals surface area contributed by atoms with E-state index in [1.54, 1.807) is 6.92 Å². The van der Waals surface area contributed by atoms with Crippen molar-refractivity contribution in [3.05, 3.63) is 29.6 Å². The summed E-state index contributed by atoms with van der Waals surface area (Å²) < 4.78 is 12.8. The van der Waals surface area contributed by atoms with Gasteiger partial charge in [0.05, 0.1) is 6.54 Å². The average molecular weight is 223 g/mol. The van der Waals surface area contributed by atoms with Gasteiger partial charge in [-0.1, -0.05) is 5.92 Å². The lowest BCUT2D eigenvalue weighted by atomic mass is 10.2. The summed E-state index contributed by atoms with van der Waals surface area (Å²) in [6.45, 7) is 1.98. The molecule has 0 aliphatic rings. The molecule has 0 aromatic heterocycles. The lowest BCUT2D eigenvalue weighted by Crippen LogP contribution is -2.23. The highest BCUT2D eigenvalue weighted by molar-refractivity contribution is 7.80. The molecule has 0 bridgehead atoms. The SMILES string of the molecule is CC#CCNC(=O)c1ccc(F)c(S)c1. The molecule has 0 fully saturated rings. The molecular formula is C11H10FNOS. The van der Waals surface area contributed by atoms with Gasteiger partial charge in [0.25, 0.3) is 5.91 Å². The van der Waals surface area contributed by atoms with E-state index < -0.39 is 5.82 Å². The zero-order valence-electron chi connectivity index (χ0n) is 8.17. The maximum Gasteiger partial charge on any atom is 0.252 e. The number of carbonyl (C=O) groups excluding carboxylic acids is 1. The second-order valence-electron chi connectivity index (χ2n) is 2.78. The molecule has 0 aliphatic heterocycles. The Hall–Kier alpha value is -1.47. The zero-order valence-corrected chi connectivity index (χ0v) is 9.07. The summed E-state index contributed by atoms with van der Waals surface area (Å²) in [5.41, 5.74) is 0.374. The van der Waals surface area contributed by atoms with Crippen molar-refractivity contribution >= 4 is 18.5 Å². The van der Waals surface area contributed by atoms with Crippen LogP contribution in [0.5, 0.6) is 0 Å². The van der Waals surface area contributed by atoms with Gasteiger partial charge < -0.3 is 5.32 Å². The van der Waals surface area contributed by atoms with Gasteiger partial charge in [-0.15, -0.1) is 18.5 Å². The lowest BCUT2D eigenvalue weighted by Gasteiger charge is -2.02. The Bertz CT molecular complexity index is 434. The van der Waals surface area contributed by atoms with E-state index in [1.165, 1.54) is 18.2 Å². The molecule has 0 aliphatic carbocycles. The van der Waals surface area contributed by atoms with Crippen molar-refractivity contribution in [2.45, 2.75) is 11.8 Å². The van der Waals surface area contributed by atoms with E-state index in [-0.39, 0.29) is 17.3 Å². The Morgan fingerprint density at radius 1 is 1.60 bits per heavy atom. The van der Waals surface area contributed by atoms with E-state index in [1.807, 2.05) is 0 Å². The highest BCUT2D eigenvalue weighted by atomic mass is 32.1. The highest BCUT2D eigenvalue weighted by Crippen LogP contribution is 2.13. The Kier molecular flexibility index (Phi) is 4.19. The first-order valence-corrected chi connectivity index (χ1v) is 4.76. The maximum absolute atomic E-state index is 12.8. The molecule has 2 nitrogen and oxygen atoms in total. The van der Waals surface area contributed by atoms with Crippen LogP contribution in [0.2, 0.25) is 0 Å². The predicted molar refractivity (Wildman–Crippen MR) is 59.4 cm³/mol. The molecule has 0 heterocycles. The number of nitrogens with one attached hydrogen (secondary N) is 1. The number of halogens is 1. The number of carbonyl (C=O) groups is 1. The smallest absolute Gasteiger partial charge is 0.252 e. The minimum atomic E-state index is -0.441. The molecule has 1 aromatic carbocycles. The largest absolute Gasteiger partial charge is 0.341 e. The van der Waals surface area contributed by atoms with Crippen LogP contribution >= 0.6 is 12.6 Å². The molecule has 1 N–H and O–H groups in total. The first-order chi connectivity index (χ1) is 7.15. The zero-order chi connectivity index (χ0) is 11.3. The van der Waals surface area contributed by atoms with Crippen molar-refractivity contribution in [3.8, 4) is 11.8 Å². The van der Waals surface area contributed by atoms with Gasteiger partial charge >= 0.3 is 0 Å². The van der Waals surface area contributed by atoms with Gasteiger partial charge in [-0.2, -0.15) is 0 Å². The Morgan fingerprint density at radius 3 is 2.93 bits per heavy atom. The molecule has 0 atom stereocenters. The summed E-state index contributed by atoms with van der Waals surface area (Å²) in [6.07, 6.45) is 0. The fraction of sp³-hybridized carbons (Fsp3) is 0.182. The second-order valence-corrected chi connectivity index (χ2v) is 3.26. The van der Waals surface area contributed by atoms with Crippen LogP contribution in [0.25, 0.3) is 0 Å². The molecule has 78 valence electrons. The molecule has 0 radical (unpaired) electrons. The fourth-order valence-electron chi connectivity index (χ4n) is 0.969. The van der Waals surface area contributed by atoms with E-state index >= 15 is 0 Å². The highest BCUT2D eigenvalue weighted by Gasteiger charge is 2.06. The van der Waals surface area contributed by atoms with E-state index in [0.717, 1.165) is 0 Å². The van der Waals surface area contributed by atoms with Gasteiger partial charge in [0.2, 0.25) is 0 Å². The van der Waals surface area contributed by atoms with Crippen LogP contribution in [-0.4, -0.2) is 12.5 Å². The monoisotopic (exact) mass is 223 g/mol. The van der Waals surface area contributed by atoms with Gasteiger partial charge in [-0.3, -0.25) is 4.79 Å². The Morgan fingerprint density at radius 2 is 2.33 bits per heavy atom. The molecule has 1 rings (SSSR count). The van der Waals surface area contributed by atoms with E-state index in [9.17, 15) is 9.18 Å². The van der Waals surface area contributed by atoms with Crippen LogP contribution < -0.4 is 5.32 Å². The Balaban J connectivity index is 2.72. The topological polar surface area (TPSA) is 29.1 Å². The molecule has 1 aromatic rings. The molecule has 0 saturated heterocycles. The van der Waals surface area contributed by atoms with Gasteiger partial charge in [0.15, 0.2) is 0 Å². The summed E-state index contributed by atoms with van der Waals surface area (Å²) in [7, 11) is 0. The number of amides is 1. The average Bonchev–Trinajstić information content (AvgIpc) is 2.22. The maximum atomic E-state index is 12.8. The van der Waals surface area contributed by atoms with Crippen LogP contribution in [0.4, 0.5) is 4.39 Å². The molecular weight excluding hydrogens is 213 g/mol. The number of rotatable bonds is 2. The number of hydrogen-bond donors (Lipinski definition) is 2. The van der Waals surface area contributed by atoms with Crippen molar-refractivity contribution in [1.29, 1.82) is 0 Å². The molecule has 15 heavy (non-hydrogen) atoms. The fourth-order valence-corrected chi connectivity index (χ4v) is 1.18. The van der Waals surface area contributed by atoms with Crippen LogP contribution in [0, 0.1) is 17.7 Å². The summed E-state index contributed by atoms with van der Waals surface area (Å²) in [4.78, 5) is 11.6. The normalized spacial score (nSPS) is 9.00. The van der Waals surface area contributed by atoms with Crippen molar-refractivity contribution in [1.82, 2.24) is 5.32 Å². The van der Waals surface area contributed by atoms with E-state index in [2.05, 4.69) is 29.8 Å². The molecule has 0 spiro atoms. The molecule has 0 saturated carbocycles. The van der Waals surface area contributed by atoms with Gasteiger partial charge in [-0.25, -0.2) is 4.39 Å². The second kappa shape index (κ2) is 5.42. The standard InChI is InChI=1S/C11H10FNOS/c1-2-3-6-13-11(14)8-4-5-9(12)10(15)7-8/h4-5,7,15H,6H2,1H3,(H,13,14). The summed E-state index contributed by atoms with van der Waals surface area (Å²) in [5, 5.41) is 2.58. The number of benzene rings is 1. The molecule has 0 unspecified atom stereocenters. The summed E-state index contributed by atoms with van der Waals surface area (Å²) in [5.74, 6) is 4.63. The van der Waals surface area contributed by atoms with Crippen molar-refractivity contribution in [3.63, 3.8) is 0 Å². The van der Waals surface area contributed by atoms with E-state index in [0.29, 0.717) is 5.56 Å². The summed E-state index contributed by atoms with van der Waals surface area (Å²) in [6, 6.07) is 4.00. The first-order valence-electron chi connectivity index (χ1n) is 4.31. The molecule has 1 amide bonds. The van der Waals surface area contributed by atoms with Gasteiger partial charge in [0, 0.05) is 10.5 Å². The molecule has 4 heteroatoms. The Labute approximate surface area is 93.3 Å². The third-order valence-electron chi connectivity index (χ3n) is 1.72. The third kappa shape index (κ3) is 3.30. The number of hydrogen-bond acceptors (Lipinski definition) is 2. The summed E-state index contributed by atoms with van der Waals surface area (Å²) >= 11 is 3.89. The number of thiol groups is 1. The van der Waals surface area contributed by atoms with Crippen LogP contribution in [-0.2, 0) is 0 Å². The van der Waals surface area contributed by atoms with Crippen LogP contribution in [0.3, 0.4) is 0 Å². The van der Waals surface area contributed by atoms with Gasteiger partial charge in [-0.05, 0) is 25.1 Å². The minimum absolute atomic E-state index is 0.157. The third-order valence-corrected chi connectivity index (χ3v) is 2.07. The minimum Gasteiger partial charge on any atom is -0.341 e. The van der Waals surface area contributed by atoms with Crippen molar-refractivity contribution in [2.75, 3.05) is 6.54 Å². The lowest BCUT2D eigenvalue weighted by molar-refractivity contribution is 0.0958. The quantitative estimate of drug-likeness (QED) is 0.581. The van der Waals surface area contributed by atoms with Gasteiger partial charge in [0.1, 0.15) is 5.82 Å².